The number of aliphatic carboxylic acids is 1. The van der Waals surface area contributed by atoms with Crippen molar-refractivity contribution in [2.24, 2.45) is 0 Å². The van der Waals surface area contributed by atoms with Gasteiger partial charge in [-0.3, -0.25) is 9.59 Å². The van der Waals surface area contributed by atoms with Gasteiger partial charge in [0.05, 0.1) is 6.42 Å². The first-order valence-electron chi connectivity index (χ1n) is 8.84. The predicted octanol–water partition coefficient (Wildman–Crippen LogP) is 3.24. The average molecular weight is 371 g/mol. The van der Waals surface area contributed by atoms with Gasteiger partial charge >= 0.3 is 5.97 Å². The highest BCUT2D eigenvalue weighted by atomic mass is 16.5. The number of benzene rings is 2. The summed E-state index contributed by atoms with van der Waals surface area (Å²) in [7, 11) is 0. The van der Waals surface area contributed by atoms with Crippen LogP contribution in [-0.2, 0) is 16.1 Å². The van der Waals surface area contributed by atoms with Gasteiger partial charge in [-0.05, 0) is 43.2 Å². The fraction of sp³-hybridized carbons (Fsp3) is 0.333. The van der Waals surface area contributed by atoms with Crippen molar-refractivity contribution in [1.82, 2.24) is 5.32 Å². The molecule has 0 spiro atoms. The number of carboxylic acid groups (broad SMARTS) is 1. The lowest BCUT2D eigenvalue weighted by atomic mass is 10.1. The van der Waals surface area contributed by atoms with Gasteiger partial charge in [-0.1, -0.05) is 29.8 Å². The minimum Gasteiger partial charge on any atom is -0.490 e. The van der Waals surface area contributed by atoms with Crippen LogP contribution in [0.5, 0.6) is 11.5 Å². The summed E-state index contributed by atoms with van der Waals surface area (Å²) in [5, 5.41) is 11.3. The number of aryl methyl sites for hydroxylation is 2. The fourth-order valence-corrected chi connectivity index (χ4v) is 2.53. The van der Waals surface area contributed by atoms with Crippen LogP contribution in [0.15, 0.2) is 42.5 Å². The van der Waals surface area contributed by atoms with Crippen molar-refractivity contribution in [1.29, 1.82) is 0 Å². The Kier molecular flexibility index (Phi) is 7.67. The summed E-state index contributed by atoms with van der Waals surface area (Å²) in [5.74, 6) is 0.271. The smallest absolute Gasteiger partial charge is 0.303 e. The Balaban J connectivity index is 1.75. The Labute approximate surface area is 159 Å². The molecule has 0 aliphatic heterocycles. The summed E-state index contributed by atoms with van der Waals surface area (Å²) < 4.78 is 11.4. The molecule has 0 saturated carbocycles. The number of hydrogen-bond acceptors (Lipinski definition) is 4. The van der Waals surface area contributed by atoms with Crippen molar-refractivity contribution in [3.05, 3.63) is 59.2 Å². The maximum atomic E-state index is 11.6. The number of nitrogens with one attached hydrogen (secondary N) is 1. The van der Waals surface area contributed by atoms with Crippen LogP contribution in [0.1, 0.15) is 29.5 Å². The quantitative estimate of drug-likeness (QED) is 0.626. The van der Waals surface area contributed by atoms with Crippen molar-refractivity contribution in [2.45, 2.75) is 33.2 Å². The molecule has 2 rings (SSSR count). The molecule has 2 aromatic rings. The Bertz CT molecular complexity index is 788. The molecular weight excluding hydrogens is 346 g/mol. The minimum absolute atomic E-state index is 0.0265. The van der Waals surface area contributed by atoms with Crippen LogP contribution in [0.2, 0.25) is 0 Å². The SMILES string of the molecule is Cc1ccc(OCCOc2cccc(CNC(=O)CCC(=O)O)c2)c(C)c1. The van der Waals surface area contributed by atoms with Gasteiger partial charge in [0.1, 0.15) is 24.7 Å². The Morgan fingerprint density at radius 2 is 1.78 bits per heavy atom. The van der Waals surface area contributed by atoms with Crippen LogP contribution in [0.3, 0.4) is 0 Å². The number of carboxylic acids is 1. The lowest BCUT2D eigenvalue weighted by Crippen LogP contribution is -2.23. The van der Waals surface area contributed by atoms with E-state index in [4.69, 9.17) is 14.6 Å². The van der Waals surface area contributed by atoms with Crippen LogP contribution in [0.4, 0.5) is 0 Å². The molecule has 0 saturated heterocycles. The third-order valence-electron chi connectivity index (χ3n) is 3.89. The molecule has 27 heavy (non-hydrogen) atoms. The van der Waals surface area contributed by atoms with Gasteiger partial charge in [-0.25, -0.2) is 0 Å². The lowest BCUT2D eigenvalue weighted by molar-refractivity contribution is -0.138. The molecule has 6 nitrogen and oxygen atoms in total. The van der Waals surface area contributed by atoms with E-state index in [0.29, 0.717) is 25.5 Å². The number of amides is 1. The molecule has 2 aromatic carbocycles. The zero-order valence-corrected chi connectivity index (χ0v) is 15.7. The van der Waals surface area contributed by atoms with Gasteiger partial charge < -0.3 is 19.9 Å². The van der Waals surface area contributed by atoms with Gasteiger partial charge in [-0.15, -0.1) is 0 Å². The average Bonchev–Trinajstić information content (AvgIpc) is 2.63. The largest absolute Gasteiger partial charge is 0.490 e. The normalized spacial score (nSPS) is 10.3. The van der Waals surface area contributed by atoms with E-state index in [0.717, 1.165) is 16.9 Å². The highest BCUT2D eigenvalue weighted by Gasteiger charge is 2.06. The first kappa shape index (κ1) is 20.3. The molecular formula is C21H25NO5. The number of ether oxygens (including phenoxy) is 2. The van der Waals surface area contributed by atoms with E-state index >= 15 is 0 Å². The van der Waals surface area contributed by atoms with Crippen LogP contribution >= 0.6 is 0 Å². The molecule has 2 N–H and O–H groups in total. The molecule has 0 aliphatic carbocycles. The monoisotopic (exact) mass is 371 g/mol. The first-order chi connectivity index (χ1) is 12.9. The zero-order chi connectivity index (χ0) is 19.6. The molecule has 0 atom stereocenters. The molecule has 6 heteroatoms. The van der Waals surface area contributed by atoms with Crippen LogP contribution in [0.25, 0.3) is 0 Å². The number of hydrogen-bond donors (Lipinski definition) is 2. The third kappa shape index (κ3) is 7.40. The summed E-state index contributed by atoms with van der Waals surface area (Å²) in [4.78, 5) is 22.0. The zero-order valence-electron chi connectivity index (χ0n) is 15.7. The van der Waals surface area contributed by atoms with E-state index in [9.17, 15) is 9.59 Å². The summed E-state index contributed by atoms with van der Waals surface area (Å²) in [5.41, 5.74) is 3.17. The van der Waals surface area contributed by atoms with Crippen LogP contribution in [0, 0.1) is 13.8 Å². The van der Waals surface area contributed by atoms with Crippen molar-refractivity contribution in [3.8, 4) is 11.5 Å². The summed E-state index contributed by atoms with van der Waals surface area (Å²) >= 11 is 0. The van der Waals surface area contributed by atoms with Crippen molar-refractivity contribution < 1.29 is 24.2 Å². The maximum Gasteiger partial charge on any atom is 0.303 e. The van der Waals surface area contributed by atoms with E-state index < -0.39 is 5.97 Å². The van der Waals surface area contributed by atoms with Crippen molar-refractivity contribution in [2.75, 3.05) is 13.2 Å². The Morgan fingerprint density at radius 3 is 2.52 bits per heavy atom. The van der Waals surface area contributed by atoms with E-state index in [1.807, 2.05) is 50.2 Å². The third-order valence-corrected chi connectivity index (χ3v) is 3.89. The molecule has 0 bridgehead atoms. The molecule has 0 heterocycles. The summed E-state index contributed by atoms with van der Waals surface area (Å²) in [6.07, 6.45) is -0.198. The lowest BCUT2D eigenvalue weighted by Gasteiger charge is -2.11. The summed E-state index contributed by atoms with van der Waals surface area (Å²) in [6, 6.07) is 13.4. The van der Waals surface area contributed by atoms with E-state index in [1.165, 1.54) is 5.56 Å². The number of carbonyl (C=O) groups is 2. The van der Waals surface area contributed by atoms with Crippen molar-refractivity contribution >= 4 is 11.9 Å². The number of rotatable bonds is 10. The molecule has 0 aliphatic rings. The predicted molar refractivity (Wildman–Crippen MR) is 102 cm³/mol. The molecule has 0 fully saturated rings. The fourth-order valence-electron chi connectivity index (χ4n) is 2.53. The van der Waals surface area contributed by atoms with E-state index in [1.54, 1.807) is 0 Å². The minimum atomic E-state index is -0.983. The van der Waals surface area contributed by atoms with E-state index in [-0.39, 0.29) is 18.7 Å². The second-order valence-corrected chi connectivity index (χ2v) is 6.28. The van der Waals surface area contributed by atoms with Gasteiger partial charge in [0.25, 0.3) is 0 Å². The Hall–Kier alpha value is -3.02. The molecule has 1 amide bonds. The highest BCUT2D eigenvalue weighted by molar-refractivity contribution is 5.80. The first-order valence-corrected chi connectivity index (χ1v) is 8.84. The van der Waals surface area contributed by atoms with Gasteiger partial charge in [0.15, 0.2) is 0 Å². The number of carbonyl (C=O) groups excluding carboxylic acids is 1. The van der Waals surface area contributed by atoms with Gasteiger partial charge in [0.2, 0.25) is 5.91 Å². The maximum absolute atomic E-state index is 11.6. The summed E-state index contributed by atoms with van der Waals surface area (Å²) in [6.45, 7) is 5.22. The highest BCUT2D eigenvalue weighted by Crippen LogP contribution is 2.19. The second kappa shape index (κ2) is 10.2. The van der Waals surface area contributed by atoms with E-state index in [2.05, 4.69) is 11.4 Å². The van der Waals surface area contributed by atoms with Gasteiger partial charge in [0, 0.05) is 13.0 Å². The Morgan fingerprint density at radius 1 is 1.00 bits per heavy atom. The second-order valence-electron chi connectivity index (χ2n) is 6.28. The molecule has 0 radical (unpaired) electrons. The van der Waals surface area contributed by atoms with Crippen LogP contribution < -0.4 is 14.8 Å². The standard InChI is InChI=1S/C21H25NO5/c1-15-6-7-19(16(2)12-15)27-11-10-26-18-5-3-4-17(13-18)14-22-20(23)8-9-21(24)25/h3-7,12-13H,8-11,14H2,1-2H3,(H,22,23)(H,24,25). The van der Waals surface area contributed by atoms with Crippen molar-refractivity contribution in [3.63, 3.8) is 0 Å². The topological polar surface area (TPSA) is 84.9 Å². The molecule has 0 unspecified atom stereocenters. The van der Waals surface area contributed by atoms with Gasteiger partial charge in [-0.2, -0.15) is 0 Å². The van der Waals surface area contributed by atoms with Crippen LogP contribution in [-0.4, -0.2) is 30.2 Å². The molecule has 144 valence electrons. The molecule has 0 aromatic heterocycles.